The van der Waals surface area contributed by atoms with Crippen LogP contribution >= 0.6 is 0 Å². The summed E-state index contributed by atoms with van der Waals surface area (Å²) < 4.78 is 2.54. The molecule has 0 saturated heterocycles. The van der Waals surface area contributed by atoms with Crippen molar-refractivity contribution in [1.82, 2.24) is 19.5 Å². The first-order chi connectivity index (χ1) is 32.2. The Kier molecular flexibility index (Phi) is 8.50. The minimum Gasteiger partial charge on any atom is -0.307 e. The molecule has 0 N–H and O–H groups in total. The molecule has 2 aromatic heterocycles. The Morgan fingerprint density at radius 2 is 0.785 bits per heavy atom. The van der Waals surface area contributed by atoms with E-state index in [-0.39, 0.29) is 0 Å². The average molecular weight is 827 g/mol. The molecular weight excluding hydrogens is 789 g/mol. The van der Waals surface area contributed by atoms with Crippen LogP contribution in [0.5, 0.6) is 0 Å². The highest BCUT2D eigenvalue weighted by atomic mass is 15.0. The van der Waals surface area contributed by atoms with Crippen LogP contribution in [0.4, 0.5) is 0 Å². The second-order valence-electron chi connectivity index (χ2n) is 16.8. The largest absolute Gasteiger partial charge is 0.307 e. The van der Waals surface area contributed by atoms with E-state index in [0.29, 0.717) is 17.5 Å². The number of aromatic nitrogens is 4. The van der Waals surface area contributed by atoms with Crippen molar-refractivity contribution in [3.8, 4) is 62.1 Å². The van der Waals surface area contributed by atoms with Crippen LogP contribution in [0.15, 0.2) is 231 Å². The summed E-state index contributed by atoms with van der Waals surface area (Å²) in [5.74, 6) is 1.85. The third-order valence-electron chi connectivity index (χ3n) is 13.0. The van der Waals surface area contributed by atoms with Gasteiger partial charge in [0.2, 0.25) is 0 Å². The molecule has 302 valence electrons. The molecule has 0 radical (unpaired) electrons. The summed E-state index contributed by atoms with van der Waals surface area (Å²) in [6, 6.07) is 82.7. The van der Waals surface area contributed by atoms with Crippen molar-refractivity contribution in [2.45, 2.75) is 0 Å². The van der Waals surface area contributed by atoms with E-state index in [1.807, 2.05) is 18.2 Å². The minimum absolute atomic E-state index is 0.603. The number of hydrogen-bond donors (Lipinski definition) is 0. The monoisotopic (exact) mass is 826 g/mol. The highest BCUT2D eigenvalue weighted by molar-refractivity contribution is 6.21. The Morgan fingerprint density at radius 1 is 0.262 bits per heavy atom. The maximum atomic E-state index is 5.41. The van der Waals surface area contributed by atoms with Crippen molar-refractivity contribution in [3.63, 3.8) is 0 Å². The lowest BCUT2D eigenvalue weighted by Gasteiger charge is -2.22. The van der Waals surface area contributed by atoms with Gasteiger partial charge in [-0.2, -0.15) is 0 Å². The van der Waals surface area contributed by atoms with E-state index in [0.717, 1.165) is 60.9 Å². The molecule has 0 saturated carbocycles. The molecule has 0 amide bonds. The minimum atomic E-state index is 0.603. The van der Waals surface area contributed by atoms with Crippen LogP contribution in [0.25, 0.3) is 127 Å². The molecule has 11 aromatic carbocycles. The Hall–Kier alpha value is -8.73. The van der Waals surface area contributed by atoms with Gasteiger partial charge in [-0.05, 0) is 79.2 Å². The highest BCUT2D eigenvalue weighted by Crippen LogP contribution is 2.46. The molecule has 0 aliphatic heterocycles. The van der Waals surface area contributed by atoms with E-state index in [4.69, 9.17) is 15.0 Å². The van der Waals surface area contributed by atoms with Gasteiger partial charge in [-0.3, -0.25) is 0 Å². The second kappa shape index (κ2) is 15.0. The summed E-state index contributed by atoms with van der Waals surface area (Å²) in [4.78, 5) is 15.9. The fourth-order valence-electron chi connectivity index (χ4n) is 9.88. The predicted molar refractivity (Wildman–Crippen MR) is 271 cm³/mol. The van der Waals surface area contributed by atoms with E-state index in [9.17, 15) is 0 Å². The van der Waals surface area contributed by atoms with Crippen LogP contribution in [-0.4, -0.2) is 19.5 Å². The number of nitrogens with zero attached hydrogens (tertiary/aromatic N) is 4. The van der Waals surface area contributed by atoms with Crippen LogP contribution in [0.3, 0.4) is 0 Å². The number of rotatable bonds is 6. The smallest absolute Gasteiger partial charge is 0.164 e. The number of hydrogen-bond acceptors (Lipinski definition) is 3. The zero-order valence-electron chi connectivity index (χ0n) is 35.2. The van der Waals surface area contributed by atoms with Crippen molar-refractivity contribution in [3.05, 3.63) is 231 Å². The van der Waals surface area contributed by atoms with Crippen molar-refractivity contribution >= 4 is 64.9 Å². The number of benzene rings is 11. The Balaban J connectivity index is 1.19. The molecule has 0 unspecified atom stereocenters. The van der Waals surface area contributed by atoms with Gasteiger partial charge in [0.25, 0.3) is 0 Å². The van der Waals surface area contributed by atoms with Crippen LogP contribution in [0, 0.1) is 0 Å². The molecule has 65 heavy (non-hydrogen) atoms. The Bertz CT molecular complexity index is 4000. The fraction of sp³-hybridized carbons (Fsp3) is 0. The van der Waals surface area contributed by atoms with E-state index >= 15 is 0 Å². The van der Waals surface area contributed by atoms with Gasteiger partial charge in [0.1, 0.15) is 0 Å². The predicted octanol–water partition coefficient (Wildman–Crippen LogP) is 15.9. The van der Waals surface area contributed by atoms with Gasteiger partial charge in [0, 0.05) is 44.0 Å². The van der Waals surface area contributed by atoms with Crippen molar-refractivity contribution < 1.29 is 0 Å². The molecule has 4 nitrogen and oxygen atoms in total. The van der Waals surface area contributed by atoms with E-state index in [1.165, 1.54) is 48.6 Å². The SMILES string of the molecule is c1ccc(-c2nc(-c3cc(-c4ccccc4)c(-n4c5cc6ccccc6cc5c5ccc6ccccc6c54)c(-c4ccc5ccccc5c4)c3)nc(-c3cccc4ccccc34)n2)cc1. The summed E-state index contributed by atoms with van der Waals surface area (Å²) >= 11 is 0. The molecule has 0 spiro atoms. The Morgan fingerprint density at radius 3 is 1.52 bits per heavy atom. The van der Waals surface area contributed by atoms with Crippen LogP contribution in [0.2, 0.25) is 0 Å². The summed E-state index contributed by atoms with van der Waals surface area (Å²) in [5, 5.41) is 11.8. The molecule has 0 fully saturated rings. The quantitative estimate of drug-likeness (QED) is 0.168. The molecule has 2 heterocycles. The maximum absolute atomic E-state index is 5.41. The van der Waals surface area contributed by atoms with Crippen molar-refractivity contribution in [2.75, 3.05) is 0 Å². The van der Waals surface area contributed by atoms with E-state index < -0.39 is 0 Å². The zero-order valence-corrected chi connectivity index (χ0v) is 35.2. The highest BCUT2D eigenvalue weighted by Gasteiger charge is 2.25. The van der Waals surface area contributed by atoms with Gasteiger partial charge in [-0.15, -0.1) is 0 Å². The second-order valence-corrected chi connectivity index (χ2v) is 16.8. The molecule has 13 aromatic rings. The van der Waals surface area contributed by atoms with Crippen LogP contribution < -0.4 is 0 Å². The van der Waals surface area contributed by atoms with Crippen LogP contribution in [-0.2, 0) is 0 Å². The van der Waals surface area contributed by atoms with Crippen LogP contribution in [0.1, 0.15) is 0 Å². The maximum Gasteiger partial charge on any atom is 0.164 e. The van der Waals surface area contributed by atoms with Gasteiger partial charge in [-0.1, -0.05) is 200 Å². The average Bonchev–Trinajstić information content (AvgIpc) is 3.70. The first kappa shape index (κ1) is 36.9. The normalized spacial score (nSPS) is 11.7. The summed E-state index contributed by atoms with van der Waals surface area (Å²) in [7, 11) is 0. The van der Waals surface area contributed by atoms with Gasteiger partial charge in [0.15, 0.2) is 17.5 Å². The molecule has 0 aliphatic rings. The fourth-order valence-corrected chi connectivity index (χ4v) is 9.88. The number of fused-ring (bicyclic) bond motifs is 8. The molecule has 0 atom stereocenters. The van der Waals surface area contributed by atoms with Gasteiger partial charge < -0.3 is 4.57 Å². The first-order valence-electron chi connectivity index (χ1n) is 22.1. The lowest BCUT2D eigenvalue weighted by atomic mass is 9.91. The molecular formula is C61H38N4. The topological polar surface area (TPSA) is 43.6 Å². The zero-order chi connectivity index (χ0) is 42.8. The Labute approximate surface area is 375 Å². The standard InChI is InChI=1S/C61H38N4/c1-3-17-41(18-4-1)53-36-48(60-62-59(43-21-5-2-6-22-43)63-61(64-60)52-29-15-26-40-19-11-13-27-49(40)52)37-54(47-31-30-39-16-7-8-23-44(39)34-47)58(53)65-56-38-46-25-10-9-24-45(46)35-55(56)51-33-32-42-20-12-14-28-50(42)57(51)65/h1-38H. The van der Waals surface area contributed by atoms with E-state index in [1.54, 1.807) is 0 Å². The first-order valence-corrected chi connectivity index (χ1v) is 22.1. The molecule has 0 aliphatic carbocycles. The lowest BCUT2D eigenvalue weighted by molar-refractivity contribution is 1.08. The molecule has 0 bridgehead atoms. The van der Waals surface area contributed by atoms with Crippen molar-refractivity contribution in [1.29, 1.82) is 0 Å². The van der Waals surface area contributed by atoms with Gasteiger partial charge in [0.05, 0.1) is 16.7 Å². The van der Waals surface area contributed by atoms with Gasteiger partial charge >= 0.3 is 0 Å². The third-order valence-corrected chi connectivity index (χ3v) is 13.0. The summed E-state index contributed by atoms with van der Waals surface area (Å²) in [6.07, 6.45) is 0. The third kappa shape index (κ3) is 6.18. The molecule has 4 heteroatoms. The molecule has 13 rings (SSSR count). The van der Waals surface area contributed by atoms with E-state index in [2.05, 4.69) is 217 Å². The van der Waals surface area contributed by atoms with Crippen molar-refractivity contribution in [2.24, 2.45) is 0 Å². The summed E-state index contributed by atoms with van der Waals surface area (Å²) in [6.45, 7) is 0. The lowest BCUT2D eigenvalue weighted by Crippen LogP contribution is -2.04. The summed E-state index contributed by atoms with van der Waals surface area (Å²) in [5.41, 5.74) is 10.5. The van der Waals surface area contributed by atoms with Gasteiger partial charge in [-0.25, -0.2) is 15.0 Å².